The van der Waals surface area contributed by atoms with Gasteiger partial charge in [-0.2, -0.15) is 4.31 Å². The molecule has 1 atom stereocenters. The van der Waals surface area contributed by atoms with E-state index in [1.807, 2.05) is 25.1 Å². The average Bonchev–Trinajstić information content (AvgIpc) is 2.67. The van der Waals surface area contributed by atoms with Crippen LogP contribution in [-0.2, 0) is 14.8 Å². The molecule has 0 saturated carbocycles. The summed E-state index contributed by atoms with van der Waals surface area (Å²) in [7, 11) is -3.85. The molecule has 1 aliphatic rings. The monoisotopic (exact) mass is 456 g/mol. The summed E-state index contributed by atoms with van der Waals surface area (Å²) in [6, 6.07) is 12.1. The largest absolute Gasteiger partial charge is 0.481 e. The fourth-order valence-electron chi connectivity index (χ4n) is 3.21. The van der Waals surface area contributed by atoms with Gasteiger partial charge in [0.15, 0.2) is 6.10 Å². The van der Waals surface area contributed by atoms with E-state index in [9.17, 15) is 13.2 Å². The van der Waals surface area contributed by atoms with Gasteiger partial charge in [-0.15, -0.1) is 0 Å². The van der Waals surface area contributed by atoms with Crippen molar-refractivity contribution in [1.29, 1.82) is 0 Å². The number of carbonyl (C=O) groups excluding carboxylic acids is 1. The highest BCUT2D eigenvalue weighted by molar-refractivity contribution is 7.89. The Morgan fingerprint density at radius 3 is 2.21 bits per heavy atom. The molecule has 6 nitrogen and oxygen atoms in total. The molecule has 0 radical (unpaired) electrons. The molecule has 156 valence electrons. The quantitative estimate of drug-likeness (QED) is 0.688. The minimum absolute atomic E-state index is 0.0798. The Morgan fingerprint density at radius 1 is 1.03 bits per heavy atom. The van der Waals surface area contributed by atoms with Crippen LogP contribution in [0.4, 0.5) is 0 Å². The van der Waals surface area contributed by atoms with Gasteiger partial charge >= 0.3 is 0 Å². The van der Waals surface area contributed by atoms with Crippen LogP contribution < -0.4 is 4.74 Å². The highest BCUT2D eigenvalue weighted by atomic mass is 35.5. The fraction of sp³-hybridized carbons (Fsp3) is 0.350. The number of carbonyl (C=O) groups is 1. The predicted octanol–water partition coefficient (Wildman–Crippen LogP) is 3.60. The standard InChI is InChI=1S/C20H22Cl2N2O4S/c1-14-5-3-6-16(13-14)28-15(2)20(25)23-9-11-24(12-10-23)29(26,27)19-17(21)7-4-8-18(19)22/h3-8,13,15H,9-12H2,1-2H3. The van der Waals surface area contributed by atoms with E-state index in [4.69, 9.17) is 27.9 Å². The van der Waals surface area contributed by atoms with Crippen molar-refractivity contribution >= 4 is 39.1 Å². The number of hydrogen-bond donors (Lipinski definition) is 0. The van der Waals surface area contributed by atoms with Gasteiger partial charge in [-0.05, 0) is 43.7 Å². The molecule has 9 heteroatoms. The summed E-state index contributed by atoms with van der Waals surface area (Å²) < 4.78 is 32.9. The van der Waals surface area contributed by atoms with Gasteiger partial charge in [0.2, 0.25) is 10.0 Å². The molecule has 1 fully saturated rings. The van der Waals surface area contributed by atoms with E-state index in [0.29, 0.717) is 5.75 Å². The molecule has 1 unspecified atom stereocenters. The van der Waals surface area contributed by atoms with Gasteiger partial charge in [0.05, 0.1) is 10.0 Å². The number of benzene rings is 2. The Kier molecular flexibility index (Phi) is 6.73. The molecule has 2 aromatic carbocycles. The van der Waals surface area contributed by atoms with E-state index in [0.717, 1.165) is 5.56 Å². The van der Waals surface area contributed by atoms with Crippen LogP contribution in [0.25, 0.3) is 0 Å². The third-order valence-electron chi connectivity index (χ3n) is 4.72. The lowest BCUT2D eigenvalue weighted by Gasteiger charge is -2.35. The topological polar surface area (TPSA) is 66.9 Å². The van der Waals surface area contributed by atoms with Gasteiger partial charge in [0, 0.05) is 26.2 Å². The van der Waals surface area contributed by atoms with Crippen LogP contribution in [0.15, 0.2) is 47.4 Å². The molecule has 1 heterocycles. The summed E-state index contributed by atoms with van der Waals surface area (Å²) in [6.45, 7) is 4.49. The Labute approximate surface area is 181 Å². The molecule has 0 aliphatic carbocycles. The smallest absolute Gasteiger partial charge is 0.263 e. The van der Waals surface area contributed by atoms with Crippen LogP contribution in [-0.4, -0.2) is 55.8 Å². The van der Waals surface area contributed by atoms with Crippen molar-refractivity contribution in [2.24, 2.45) is 0 Å². The molecule has 1 aliphatic heterocycles. The van der Waals surface area contributed by atoms with Crippen molar-refractivity contribution in [3.63, 3.8) is 0 Å². The van der Waals surface area contributed by atoms with Crippen molar-refractivity contribution < 1.29 is 17.9 Å². The van der Waals surface area contributed by atoms with Crippen LogP contribution >= 0.6 is 23.2 Å². The van der Waals surface area contributed by atoms with Crippen molar-refractivity contribution in [2.45, 2.75) is 24.8 Å². The molecule has 0 N–H and O–H groups in total. The molecule has 3 rings (SSSR count). The first kappa shape index (κ1) is 21.9. The van der Waals surface area contributed by atoms with Crippen molar-refractivity contribution in [1.82, 2.24) is 9.21 Å². The zero-order valence-corrected chi connectivity index (χ0v) is 18.5. The van der Waals surface area contributed by atoms with Crippen LogP contribution in [0.2, 0.25) is 10.0 Å². The highest BCUT2D eigenvalue weighted by Crippen LogP contribution is 2.32. The SMILES string of the molecule is Cc1cccc(OC(C)C(=O)N2CCN(S(=O)(=O)c3c(Cl)cccc3Cl)CC2)c1. The second-order valence-electron chi connectivity index (χ2n) is 6.86. The maximum absolute atomic E-state index is 12.9. The lowest BCUT2D eigenvalue weighted by molar-refractivity contribution is -0.139. The van der Waals surface area contributed by atoms with E-state index in [1.54, 1.807) is 24.0 Å². The molecular formula is C20H22Cl2N2O4S. The molecule has 0 bridgehead atoms. The summed E-state index contributed by atoms with van der Waals surface area (Å²) in [5.74, 6) is 0.444. The van der Waals surface area contributed by atoms with E-state index in [-0.39, 0.29) is 47.0 Å². The van der Waals surface area contributed by atoms with Crippen LogP contribution in [0.1, 0.15) is 12.5 Å². The minimum atomic E-state index is -3.85. The van der Waals surface area contributed by atoms with Gasteiger partial charge < -0.3 is 9.64 Å². The van der Waals surface area contributed by atoms with Crippen molar-refractivity contribution in [3.8, 4) is 5.75 Å². The maximum atomic E-state index is 12.9. The third kappa shape index (κ3) is 4.86. The lowest BCUT2D eigenvalue weighted by atomic mass is 10.2. The second kappa shape index (κ2) is 8.92. The number of aryl methyl sites for hydroxylation is 1. The molecule has 2 aromatic rings. The van der Waals surface area contributed by atoms with Gasteiger partial charge in [-0.3, -0.25) is 4.79 Å². The number of piperazine rings is 1. The number of halogens is 2. The summed E-state index contributed by atoms with van der Waals surface area (Å²) in [5, 5.41) is 0.160. The van der Waals surface area contributed by atoms with E-state index in [1.165, 1.54) is 16.4 Å². The van der Waals surface area contributed by atoms with Gasteiger partial charge in [0.25, 0.3) is 5.91 Å². The minimum Gasteiger partial charge on any atom is -0.481 e. The van der Waals surface area contributed by atoms with Crippen LogP contribution in [0, 0.1) is 6.92 Å². The summed E-state index contributed by atoms with van der Waals surface area (Å²) in [5.41, 5.74) is 1.04. The Morgan fingerprint density at radius 2 is 1.62 bits per heavy atom. The number of ether oxygens (including phenoxy) is 1. The number of rotatable bonds is 5. The number of nitrogens with zero attached hydrogens (tertiary/aromatic N) is 2. The molecule has 1 amide bonds. The van der Waals surface area contributed by atoms with E-state index >= 15 is 0 Å². The highest BCUT2D eigenvalue weighted by Gasteiger charge is 2.34. The van der Waals surface area contributed by atoms with Gasteiger partial charge in [-0.25, -0.2) is 8.42 Å². The van der Waals surface area contributed by atoms with Crippen molar-refractivity contribution in [2.75, 3.05) is 26.2 Å². The molecule has 29 heavy (non-hydrogen) atoms. The van der Waals surface area contributed by atoms with Gasteiger partial charge in [0.1, 0.15) is 10.6 Å². The number of hydrogen-bond acceptors (Lipinski definition) is 4. The molecule has 1 saturated heterocycles. The first-order valence-corrected chi connectivity index (χ1v) is 11.4. The summed E-state index contributed by atoms with van der Waals surface area (Å²) in [6.07, 6.45) is -0.669. The first-order chi connectivity index (χ1) is 13.7. The van der Waals surface area contributed by atoms with Crippen LogP contribution in [0.5, 0.6) is 5.75 Å². The zero-order valence-electron chi connectivity index (χ0n) is 16.1. The average molecular weight is 457 g/mol. The Bertz CT molecular complexity index is 985. The molecular weight excluding hydrogens is 435 g/mol. The lowest BCUT2D eigenvalue weighted by Crippen LogP contribution is -2.53. The summed E-state index contributed by atoms with van der Waals surface area (Å²) >= 11 is 12.1. The Balaban J connectivity index is 1.64. The maximum Gasteiger partial charge on any atom is 0.263 e. The normalized spacial score (nSPS) is 16.5. The summed E-state index contributed by atoms with van der Waals surface area (Å²) in [4.78, 5) is 14.2. The third-order valence-corrected chi connectivity index (χ3v) is 7.57. The fourth-order valence-corrected chi connectivity index (χ4v) is 5.72. The zero-order chi connectivity index (χ0) is 21.2. The number of sulfonamides is 1. The Hall–Kier alpha value is -1.80. The molecule has 0 aromatic heterocycles. The number of amides is 1. The van der Waals surface area contributed by atoms with Crippen molar-refractivity contribution in [3.05, 3.63) is 58.1 Å². The molecule has 0 spiro atoms. The second-order valence-corrected chi connectivity index (χ2v) is 9.55. The van der Waals surface area contributed by atoms with Gasteiger partial charge in [-0.1, -0.05) is 41.4 Å². The predicted molar refractivity (Wildman–Crippen MR) is 113 cm³/mol. The van der Waals surface area contributed by atoms with Crippen LogP contribution in [0.3, 0.4) is 0 Å². The van der Waals surface area contributed by atoms with E-state index in [2.05, 4.69) is 0 Å². The first-order valence-electron chi connectivity index (χ1n) is 9.16. The van der Waals surface area contributed by atoms with E-state index < -0.39 is 16.1 Å².